The van der Waals surface area contributed by atoms with Crippen LogP contribution >= 0.6 is 11.6 Å². The topological polar surface area (TPSA) is 54.6 Å². The maximum absolute atomic E-state index is 10.7. The summed E-state index contributed by atoms with van der Waals surface area (Å²) >= 11 is 5.89. The van der Waals surface area contributed by atoms with Crippen LogP contribution in [0.25, 0.3) is 5.52 Å². The van der Waals surface area contributed by atoms with E-state index in [1.165, 1.54) is 0 Å². The van der Waals surface area contributed by atoms with E-state index in [0.29, 0.717) is 5.28 Å². The highest BCUT2D eigenvalue weighted by Gasteiger charge is 2.14. The van der Waals surface area contributed by atoms with Gasteiger partial charge in [-0.05, 0) is 29.1 Å². The molecule has 5 heteroatoms. The van der Waals surface area contributed by atoms with E-state index in [2.05, 4.69) is 4.98 Å². The first-order valence-electron chi connectivity index (χ1n) is 4.93. The molecule has 0 spiro atoms. The molecule has 0 saturated carbocycles. The Balaban J connectivity index is 2.48. The van der Waals surface area contributed by atoms with Crippen molar-refractivity contribution in [3.8, 4) is 0 Å². The maximum Gasteiger partial charge on any atom is 0.303 e. The van der Waals surface area contributed by atoms with Gasteiger partial charge in [-0.15, -0.1) is 0 Å². The van der Waals surface area contributed by atoms with Crippen molar-refractivity contribution in [2.45, 2.75) is 19.3 Å². The highest BCUT2D eigenvalue weighted by atomic mass is 35.5. The minimum Gasteiger partial charge on any atom is -0.481 e. The molecule has 2 heterocycles. The maximum atomic E-state index is 10.7. The molecule has 1 atom stereocenters. The van der Waals surface area contributed by atoms with Gasteiger partial charge in [0.25, 0.3) is 0 Å². The first kappa shape index (κ1) is 11.0. The molecule has 0 fully saturated rings. The number of carboxylic acids is 1. The van der Waals surface area contributed by atoms with E-state index in [1.807, 2.05) is 25.3 Å². The number of aromatic nitrogens is 2. The monoisotopic (exact) mass is 238 g/mol. The fourth-order valence-corrected chi connectivity index (χ4v) is 2.00. The predicted molar refractivity (Wildman–Crippen MR) is 60.9 cm³/mol. The van der Waals surface area contributed by atoms with E-state index >= 15 is 0 Å². The van der Waals surface area contributed by atoms with Gasteiger partial charge >= 0.3 is 5.97 Å². The number of hydrogen-bond donors (Lipinski definition) is 1. The van der Waals surface area contributed by atoms with Crippen molar-refractivity contribution in [1.82, 2.24) is 9.38 Å². The Hall–Kier alpha value is -1.55. The zero-order chi connectivity index (χ0) is 11.7. The van der Waals surface area contributed by atoms with Gasteiger partial charge in [0.05, 0.1) is 18.1 Å². The molecular weight excluding hydrogens is 228 g/mol. The van der Waals surface area contributed by atoms with Crippen LogP contribution in [0.1, 0.15) is 24.8 Å². The van der Waals surface area contributed by atoms with E-state index in [-0.39, 0.29) is 12.3 Å². The standard InChI is InChI=1S/C11H11ClN2O2/c1-7(5-10(15)16)8-3-2-4-14-9(8)6-13-11(14)12/h2-4,6-7H,5H2,1H3,(H,15,16). The fraction of sp³-hybridized carbons (Fsp3) is 0.273. The van der Waals surface area contributed by atoms with Crippen LogP contribution in [0.4, 0.5) is 0 Å². The van der Waals surface area contributed by atoms with E-state index in [0.717, 1.165) is 11.1 Å². The third-order valence-corrected chi connectivity index (χ3v) is 2.85. The molecule has 0 aliphatic carbocycles. The van der Waals surface area contributed by atoms with Gasteiger partial charge in [0.15, 0.2) is 0 Å². The lowest BCUT2D eigenvalue weighted by atomic mass is 9.98. The minimum absolute atomic E-state index is 0.0611. The molecular formula is C11H11ClN2O2. The summed E-state index contributed by atoms with van der Waals surface area (Å²) in [6.45, 7) is 1.88. The van der Waals surface area contributed by atoms with Crippen molar-refractivity contribution >= 4 is 23.1 Å². The first-order chi connectivity index (χ1) is 7.59. The average molecular weight is 239 g/mol. The van der Waals surface area contributed by atoms with Crippen LogP contribution in [0.3, 0.4) is 0 Å². The summed E-state index contributed by atoms with van der Waals surface area (Å²) in [5, 5.41) is 9.16. The summed E-state index contributed by atoms with van der Waals surface area (Å²) in [5.41, 5.74) is 1.81. The van der Waals surface area contributed by atoms with E-state index in [1.54, 1.807) is 10.6 Å². The van der Waals surface area contributed by atoms with Crippen LogP contribution in [0.5, 0.6) is 0 Å². The Bertz CT molecular complexity index is 536. The molecule has 16 heavy (non-hydrogen) atoms. The van der Waals surface area contributed by atoms with Gasteiger partial charge in [-0.25, -0.2) is 4.98 Å². The molecule has 2 rings (SSSR count). The Morgan fingerprint density at radius 3 is 3.12 bits per heavy atom. The molecule has 0 saturated heterocycles. The quantitative estimate of drug-likeness (QED) is 0.894. The minimum atomic E-state index is -0.805. The molecule has 2 aromatic heterocycles. The van der Waals surface area contributed by atoms with Gasteiger partial charge in [-0.3, -0.25) is 9.20 Å². The van der Waals surface area contributed by atoms with E-state index in [4.69, 9.17) is 16.7 Å². The Morgan fingerprint density at radius 2 is 2.44 bits per heavy atom. The van der Waals surface area contributed by atoms with Crippen molar-refractivity contribution < 1.29 is 9.90 Å². The average Bonchev–Trinajstić information content (AvgIpc) is 2.59. The van der Waals surface area contributed by atoms with E-state index in [9.17, 15) is 4.79 Å². The number of fused-ring (bicyclic) bond motifs is 1. The van der Waals surface area contributed by atoms with Crippen molar-refractivity contribution in [2.24, 2.45) is 0 Å². The van der Waals surface area contributed by atoms with Gasteiger partial charge < -0.3 is 5.11 Å². The van der Waals surface area contributed by atoms with E-state index < -0.39 is 5.97 Å². The lowest BCUT2D eigenvalue weighted by Crippen LogP contribution is -2.04. The van der Waals surface area contributed by atoms with Crippen LogP contribution in [-0.2, 0) is 4.79 Å². The highest BCUT2D eigenvalue weighted by molar-refractivity contribution is 6.28. The number of aliphatic carboxylic acids is 1. The van der Waals surface area contributed by atoms with Crippen molar-refractivity contribution in [1.29, 1.82) is 0 Å². The molecule has 0 aliphatic rings. The molecule has 2 aromatic rings. The van der Waals surface area contributed by atoms with Crippen LogP contribution < -0.4 is 0 Å². The largest absolute Gasteiger partial charge is 0.481 e. The summed E-state index contributed by atoms with van der Waals surface area (Å²) < 4.78 is 1.75. The summed E-state index contributed by atoms with van der Waals surface area (Å²) in [7, 11) is 0. The second kappa shape index (κ2) is 4.14. The first-order valence-corrected chi connectivity index (χ1v) is 5.30. The number of pyridine rings is 1. The van der Waals surface area contributed by atoms with Gasteiger partial charge in [0.1, 0.15) is 0 Å². The van der Waals surface area contributed by atoms with Crippen molar-refractivity contribution in [3.05, 3.63) is 35.4 Å². The smallest absolute Gasteiger partial charge is 0.303 e. The zero-order valence-corrected chi connectivity index (χ0v) is 9.48. The Morgan fingerprint density at radius 1 is 1.69 bits per heavy atom. The van der Waals surface area contributed by atoms with Crippen LogP contribution in [0.15, 0.2) is 24.5 Å². The molecule has 4 nitrogen and oxygen atoms in total. The lowest BCUT2D eigenvalue weighted by molar-refractivity contribution is -0.137. The molecule has 1 unspecified atom stereocenters. The third-order valence-electron chi connectivity index (χ3n) is 2.57. The van der Waals surface area contributed by atoms with Crippen LogP contribution in [0.2, 0.25) is 5.28 Å². The Kier molecular flexibility index (Phi) is 2.83. The number of imidazole rings is 1. The van der Waals surface area contributed by atoms with Gasteiger partial charge in [-0.2, -0.15) is 0 Å². The third kappa shape index (κ3) is 1.88. The number of halogens is 1. The SMILES string of the molecule is CC(CC(=O)O)c1cccn2c(Cl)ncc12. The van der Waals surface area contributed by atoms with Gasteiger partial charge in [0.2, 0.25) is 5.28 Å². The van der Waals surface area contributed by atoms with Crippen LogP contribution in [-0.4, -0.2) is 20.5 Å². The molecule has 0 aromatic carbocycles. The van der Waals surface area contributed by atoms with Crippen LogP contribution in [0, 0.1) is 0 Å². The lowest BCUT2D eigenvalue weighted by Gasteiger charge is -2.10. The normalized spacial score (nSPS) is 12.9. The number of nitrogens with zero attached hydrogens (tertiary/aromatic N) is 2. The summed E-state index contributed by atoms with van der Waals surface area (Å²) in [4.78, 5) is 14.7. The molecule has 0 bridgehead atoms. The molecule has 0 amide bonds. The zero-order valence-electron chi connectivity index (χ0n) is 8.72. The van der Waals surface area contributed by atoms with Crippen molar-refractivity contribution in [3.63, 3.8) is 0 Å². The predicted octanol–water partition coefficient (Wildman–Crippen LogP) is 2.57. The van der Waals surface area contributed by atoms with Crippen molar-refractivity contribution in [2.75, 3.05) is 0 Å². The number of rotatable bonds is 3. The fourth-order valence-electron chi connectivity index (χ4n) is 1.80. The number of carboxylic acid groups (broad SMARTS) is 1. The summed E-state index contributed by atoms with van der Waals surface area (Å²) in [5.74, 6) is -0.867. The second-order valence-corrected chi connectivity index (χ2v) is 4.08. The summed E-state index contributed by atoms with van der Waals surface area (Å²) in [6.07, 6.45) is 3.57. The molecule has 84 valence electrons. The van der Waals surface area contributed by atoms with Gasteiger partial charge in [-0.1, -0.05) is 13.0 Å². The number of carbonyl (C=O) groups is 1. The summed E-state index contributed by atoms with van der Waals surface area (Å²) in [6, 6.07) is 3.75. The Labute approximate surface area is 97.5 Å². The molecule has 0 radical (unpaired) electrons. The van der Waals surface area contributed by atoms with Gasteiger partial charge in [0, 0.05) is 6.20 Å². The highest BCUT2D eigenvalue weighted by Crippen LogP contribution is 2.25. The molecule has 1 N–H and O–H groups in total. The number of hydrogen-bond acceptors (Lipinski definition) is 2. The second-order valence-electron chi connectivity index (χ2n) is 3.74. The molecule has 0 aliphatic heterocycles.